The second-order valence-electron chi connectivity index (χ2n) is 5.91. The van der Waals surface area contributed by atoms with Crippen LogP contribution in [-0.2, 0) is 27.1 Å². The normalized spacial score (nSPS) is 24.3. The highest BCUT2D eigenvalue weighted by molar-refractivity contribution is 7.69. The topological polar surface area (TPSA) is 268 Å². The molecule has 166 valence electrons. The standard InChI is InChI=1S/C10H16N7O10P3/c11-8-7-9(14-10(12)13-8)17(16-15-7)6-2-1-5(25-6)3-4-28(18,19)26-30(23,24)27-29(20,21)22/h3-6H,1-2H2,(H,18,19)(H,23,24)(H2,20,21,22)(H4,11,12,13,14)/b4-3+/t5-,6+/m0/s1. The lowest BCUT2D eigenvalue weighted by Crippen LogP contribution is -2.13. The van der Waals surface area contributed by atoms with Crippen LogP contribution in [-0.4, -0.2) is 50.6 Å². The first-order valence-corrected chi connectivity index (χ1v) is 12.5. The molecule has 1 aliphatic rings. The van der Waals surface area contributed by atoms with Crippen LogP contribution in [0.15, 0.2) is 11.9 Å². The highest BCUT2D eigenvalue weighted by Crippen LogP contribution is 2.66. The summed E-state index contributed by atoms with van der Waals surface area (Å²) < 4.78 is 48.2. The molecule has 0 aliphatic carbocycles. The van der Waals surface area contributed by atoms with E-state index in [2.05, 4.69) is 28.9 Å². The van der Waals surface area contributed by atoms with Gasteiger partial charge in [0.15, 0.2) is 23.2 Å². The van der Waals surface area contributed by atoms with Gasteiger partial charge in [-0.25, -0.2) is 13.4 Å². The van der Waals surface area contributed by atoms with Crippen LogP contribution in [0.2, 0.25) is 0 Å². The lowest BCUT2D eigenvalue weighted by Gasteiger charge is -2.15. The number of fused-ring (bicyclic) bond motifs is 1. The lowest BCUT2D eigenvalue weighted by atomic mass is 10.2. The molecule has 0 aromatic carbocycles. The zero-order valence-corrected chi connectivity index (χ0v) is 17.4. The Hall–Kier alpha value is -1.77. The van der Waals surface area contributed by atoms with E-state index in [-0.39, 0.29) is 22.9 Å². The number of nitrogens with two attached hydrogens (primary N) is 2. The van der Waals surface area contributed by atoms with Gasteiger partial charge in [-0.2, -0.15) is 19.0 Å². The van der Waals surface area contributed by atoms with Crippen molar-refractivity contribution in [3.05, 3.63) is 11.9 Å². The van der Waals surface area contributed by atoms with Crippen LogP contribution in [0, 0.1) is 0 Å². The third kappa shape index (κ3) is 5.68. The summed E-state index contributed by atoms with van der Waals surface area (Å²) >= 11 is 0. The van der Waals surface area contributed by atoms with E-state index in [4.69, 9.17) is 30.9 Å². The zero-order valence-electron chi connectivity index (χ0n) is 14.7. The molecule has 0 bridgehead atoms. The molecule has 17 nitrogen and oxygen atoms in total. The van der Waals surface area contributed by atoms with E-state index in [1.165, 1.54) is 4.68 Å². The fourth-order valence-electron chi connectivity index (χ4n) is 2.56. The lowest BCUT2D eigenvalue weighted by molar-refractivity contribution is 0.0167. The Labute approximate surface area is 167 Å². The molecule has 0 amide bonds. The molecule has 0 radical (unpaired) electrons. The van der Waals surface area contributed by atoms with Gasteiger partial charge in [0.2, 0.25) is 5.95 Å². The van der Waals surface area contributed by atoms with Crippen molar-refractivity contribution in [2.45, 2.75) is 25.2 Å². The summed E-state index contributed by atoms with van der Waals surface area (Å²) in [6.07, 6.45) is 0.381. The van der Waals surface area contributed by atoms with Gasteiger partial charge in [0.25, 0.3) is 0 Å². The predicted octanol–water partition coefficient (Wildman–Crippen LogP) is -0.0113. The first-order chi connectivity index (χ1) is 13.7. The average molecular weight is 487 g/mol. The van der Waals surface area contributed by atoms with Crippen molar-refractivity contribution in [3.8, 4) is 0 Å². The first kappa shape index (κ1) is 22.9. The number of rotatable bonds is 7. The quantitative estimate of drug-likeness (QED) is 0.280. The minimum Gasteiger partial charge on any atom is -0.382 e. The molecule has 0 spiro atoms. The number of aromatic nitrogens is 5. The Morgan fingerprint density at radius 1 is 1.10 bits per heavy atom. The maximum atomic E-state index is 11.9. The Bertz CT molecular complexity index is 1130. The van der Waals surface area contributed by atoms with E-state index >= 15 is 0 Å². The molecule has 0 saturated carbocycles. The van der Waals surface area contributed by atoms with Crippen LogP contribution in [0.4, 0.5) is 11.8 Å². The average Bonchev–Trinajstić information content (AvgIpc) is 3.15. The molecule has 3 rings (SSSR count). The molecule has 20 heteroatoms. The van der Waals surface area contributed by atoms with Crippen molar-refractivity contribution in [2.75, 3.05) is 11.5 Å². The molecule has 2 unspecified atom stereocenters. The minimum absolute atomic E-state index is 0.0301. The van der Waals surface area contributed by atoms with Crippen LogP contribution in [0.5, 0.6) is 0 Å². The van der Waals surface area contributed by atoms with E-state index in [1.807, 2.05) is 0 Å². The van der Waals surface area contributed by atoms with Crippen LogP contribution in [0.1, 0.15) is 19.1 Å². The molecule has 1 fully saturated rings. The van der Waals surface area contributed by atoms with Gasteiger partial charge in [0.1, 0.15) is 0 Å². The highest BCUT2D eigenvalue weighted by Gasteiger charge is 2.38. The molecule has 3 heterocycles. The van der Waals surface area contributed by atoms with Gasteiger partial charge < -0.3 is 35.8 Å². The zero-order chi connectivity index (χ0) is 22.3. The van der Waals surface area contributed by atoms with Crippen LogP contribution in [0.3, 0.4) is 0 Å². The summed E-state index contributed by atoms with van der Waals surface area (Å²) in [7, 11) is -15.9. The van der Waals surface area contributed by atoms with Gasteiger partial charge >= 0.3 is 23.2 Å². The molecule has 2 aromatic rings. The maximum Gasteiger partial charge on any atom is 0.488 e. The molecule has 8 N–H and O–H groups in total. The Kier molecular flexibility index (Phi) is 6.15. The van der Waals surface area contributed by atoms with Crippen molar-refractivity contribution < 1.29 is 46.6 Å². The van der Waals surface area contributed by atoms with Gasteiger partial charge in [0, 0.05) is 5.82 Å². The van der Waals surface area contributed by atoms with Gasteiger partial charge in [-0.1, -0.05) is 5.21 Å². The second-order valence-corrected chi connectivity index (χ2v) is 10.6. The van der Waals surface area contributed by atoms with Crippen LogP contribution in [0.25, 0.3) is 11.2 Å². The maximum absolute atomic E-state index is 11.9. The van der Waals surface area contributed by atoms with Crippen molar-refractivity contribution >= 4 is 46.2 Å². The fraction of sp³-hybridized carbons (Fsp3) is 0.400. The summed E-state index contributed by atoms with van der Waals surface area (Å²) in [4.78, 5) is 43.6. The van der Waals surface area contributed by atoms with Gasteiger partial charge in [-0.3, -0.25) is 4.57 Å². The third-order valence-corrected chi connectivity index (χ3v) is 7.58. The van der Waals surface area contributed by atoms with E-state index < -0.39 is 35.6 Å². The number of hydrogen-bond donors (Lipinski definition) is 6. The van der Waals surface area contributed by atoms with Gasteiger partial charge in [0.05, 0.1) is 6.10 Å². The SMILES string of the molecule is Nc1nc(N)c2nnn([C@H]3CC[C@@H](/C=C/P(=O)(O)OP(=O)(O)OP(=O)(O)O)O3)c2n1. The van der Waals surface area contributed by atoms with Gasteiger partial charge in [-0.15, -0.1) is 5.10 Å². The number of hydrogen-bond acceptors (Lipinski definition) is 12. The van der Waals surface area contributed by atoms with Crippen molar-refractivity contribution in [3.63, 3.8) is 0 Å². The molecule has 1 aliphatic heterocycles. The number of nitrogen functional groups attached to an aromatic ring is 2. The molecular formula is C10H16N7O10P3. The van der Waals surface area contributed by atoms with Crippen molar-refractivity contribution in [2.24, 2.45) is 0 Å². The van der Waals surface area contributed by atoms with E-state index in [1.54, 1.807) is 0 Å². The summed E-state index contributed by atoms with van der Waals surface area (Å²) in [5, 5.41) is 7.75. The van der Waals surface area contributed by atoms with Crippen molar-refractivity contribution in [1.29, 1.82) is 0 Å². The molecule has 4 atom stereocenters. The summed E-state index contributed by atoms with van der Waals surface area (Å²) in [5.74, 6) is 0.466. The molecule has 1 saturated heterocycles. The second kappa shape index (κ2) is 8.05. The molecule has 30 heavy (non-hydrogen) atoms. The number of nitrogens with zero attached hydrogens (tertiary/aromatic N) is 5. The number of ether oxygens (including phenoxy) is 1. The third-order valence-electron chi connectivity index (χ3n) is 3.59. The van der Waals surface area contributed by atoms with E-state index in [0.717, 1.165) is 6.08 Å². The van der Waals surface area contributed by atoms with Crippen LogP contribution < -0.4 is 11.5 Å². The fourth-order valence-corrected chi connectivity index (χ4v) is 5.83. The predicted molar refractivity (Wildman–Crippen MR) is 98.1 cm³/mol. The Morgan fingerprint density at radius 2 is 1.80 bits per heavy atom. The van der Waals surface area contributed by atoms with Crippen LogP contribution >= 0.6 is 23.2 Å². The Morgan fingerprint density at radius 3 is 2.47 bits per heavy atom. The smallest absolute Gasteiger partial charge is 0.382 e. The highest BCUT2D eigenvalue weighted by atomic mass is 31.3. The molecular weight excluding hydrogens is 471 g/mol. The largest absolute Gasteiger partial charge is 0.488 e. The molecule has 2 aromatic heterocycles. The minimum atomic E-state index is -5.51. The van der Waals surface area contributed by atoms with Gasteiger partial charge in [-0.05, 0) is 18.9 Å². The summed E-state index contributed by atoms with van der Waals surface area (Å²) in [6.45, 7) is 0. The summed E-state index contributed by atoms with van der Waals surface area (Å²) in [5.41, 5.74) is 11.7. The Balaban J connectivity index is 1.69. The number of phosphoric acid groups is 2. The first-order valence-electron chi connectivity index (χ1n) is 7.87. The monoisotopic (exact) mass is 487 g/mol. The van der Waals surface area contributed by atoms with E-state index in [9.17, 15) is 18.6 Å². The number of anilines is 2. The van der Waals surface area contributed by atoms with Crippen molar-refractivity contribution in [1.82, 2.24) is 25.0 Å². The summed E-state index contributed by atoms with van der Waals surface area (Å²) in [6, 6.07) is 0. The van der Waals surface area contributed by atoms with E-state index in [0.29, 0.717) is 18.7 Å².